The molecule has 1 aromatic carbocycles. The number of ether oxygens (including phenoxy) is 2. The van der Waals surface area contributed by atoms with Gasteiger partial charge >= 0.3 is 6.09 Å². The third-order valence-electron chi connectivity index (χ3n) is 6.02. The summed E-state index contributed by atoms with van der Waals surface area (Å²) in [6, 6.07) is 10.8. The molecule has 1 aromatic rings. The number of likely N-dealkylation sites (tertiary alicyclic amines) is 2. The predicted octanol–water partition coefficient (Wildman–Crippen LogP) is 4.56. The number of rotatable bonds is 7. The van der Waals surface area contributed by atoms with Gasteiger partial charge in [-0.1, -0.05) is 30.3 Å². The number of carbonyl (C=O) groups excluding carboxylic acids is 1. The van der Waals surface area contributed by atoms with Crippen molar-refractivity contribution in [2.24, 2.45) is 11.8 Å². The Balaban J connectivity index is 1.28. The molecule has 0 N–H and O–H groups in total. The highest BCUT2D eigenvalue weighted by Crippen LogP contribution is 2.30. The van der Waals surface area contributed by atoms with E-state index in [4.69, 9.17) is 9.47 Å². The Bertz CT molecular complexity index is 629. The summed E-state index contributed by atoms with van der Waals surface area (Å²) >= 11 is 0. The minimum atomic E-state index is -0.406. The fraction of sp³-hybridized carbons (Fsp3) is 0.708. The Morgan fingerprint density at radius 3 is 2.38 bits per heavy atom. The van der Waals surface area contributed by atoms with E-state index in [1.54, 1.807) is 0 Å². The standard InChI is InChI=1S/C24H38N2O3/c1-19(17-28-18-21-8-6-5-7-9-21)25-12-10-20(11-13-25)14-22-15-26(16-22)23(27)29-24(2,3)4/h5-9,19-20,22H,10-18H2,1-4H3/t19-/m0/s1. The molecule has 0 radical (unpaired) electrons. The van der Waals surface area contributed by atoms with Gasteiger partial charge in [-0.2, -0.15) is 0 Å². The lowest BCUT2D eigenvalue weighted by Crippen LogP contribution is -2.52. The van der Waals surface area contributed by atoms with Crippen LogP contribution in [0.1, 0.15) is 52.5 Å². The number of carbonyl (C=O) groups is 1. The molecule has 0 aromatic heterocycles. The highest BCUT2D eigenvalue weighted by molar-refractivity contribution is 5.69. The van der Waals surface area contributed by atoms with E-state index in [-0.39, 0.29) is 6.09 Å². The van der Waals surface area contributed by atoms with E-state index in [0.717, 1.165) is 38.7 Å². The van der Waals surface area contributed by atoms with Gasteiger partial charge in [0, 0.05) is 19.1 Å². The molecule has 0 bridgehead atoms. The summed E-state index contributed by atoms with van der Waals surface area (Å²) in [4.78, 5) is 16.5. The third-order valence-corrected chi connectivity index (χ3v) is 6.02. The van der Waals surface area contributed by atoms with E-state index in [1.165, 1.54) is 24.8 Å². The lowest BCUT2D eigenvalue weighted by atomic mass is 9.83. The second kappa shape index (κ2) is 9.94. The first-order valence-electron chi connectivity index (χ1n) is 11.1. The second-order valence-electron chi connectivity index (χ2n) is 9.82. The van der Waals surface area contributed by atoms with Crippen molar-refractivity contribution < 1.29 is 14.3 Å². The van der Waals surface area contributed by atoms with Gasteiger partial charge in [0.25, 0.3) is 0 Å². The van der Waals surface area contributed by atoms with Gasteiger partial charge in [0.2, 0.25) is 0 Å². The van der Waals surface area contributed by atoms with Crippen LogP contribution in [0.2, 0.25) is 0 Å². The lowest BCUT2D eigenvalue weighted by molar-refractivity contribution is -0.00779. The van der Waals surface area contributed by atoms with Crippen molar-refractivity contribution in [3.63, 3.8) is 0 Å². The first-order valence-corrected chi connectivity index (χ1v) is 11.1. The summed E-state index contributed by atoms with van der Waals surface area (Å²) < 4.78 is 11.4. The molecule has 2 fully saturated rings. The topological polar surface area (TPSA) is 42.0 Å². The number of benzene rings is 1. The molecule has 2 aliphatic heterocycles. The van der Waals surface area contributed by atoms with Crippen LogP contribution in [0.25, 0.3) is 0 Å². The molecule has 0 unspecified atom stereocenters. The molecule has 0 saturated carbocycles. The molecule has 2 saturated heterocycles. The normalized spacial score (nSPS) is 20.3. The second-order valence-corrected chi connectivity index (χ2v) is 9.82. The van der Waals surface area contributed by atoms with Gasteiger partial charge in [-0.3, -0.25) is 4.90 Å². The maximum atomic E-state index is 12.1. The van der Waals surface area contributed by atoms with Crippen molar-refractivity contribution in [3.8, 4) is 0 Å². The molecule has 1 amide bonds. The molecule has 0 spiro atoms. The smallest absolute Gasteiger partial charge is 0.410 e. The van der Waals surface area contributed by atoms with Crippen molar-refractivity contribution in [1.82, 2.24) is 9.80 Å². The van der Waals surface area contributed by atoms with Gasteiger partial charge in [0.1, 0.15) is 5.60 Å². The molecule has 29 heavy (non-hydrogen) atoms. The zero-order chi connectivity index (χ0) is 20.9. The quantitative estimate of drug-likeness (QED) is 0.670. The van der Waals surface area contributed by atoms with Crippen molar-refractivity contribution >= 4 is 6.09 Å². The first-order chi connectivity index (χ1) is 13.8. The van der Waals surface area contributed by atoms with Crippen molar-refractivity contribution in [2.75, 3.05) is 32.8 Å². The van der Waals surface area contributed by atoms with E-state index in [2.05, 4.69) is 36.1 Å². The minimum Gasteiger partial charge on any atom is -0.444 e. The van der Waals surface area contributed by atoms with Crippen molar-refractivity contribution in [3.05, 3.63) is 35.9 Å². The Morgan fingerprint density at radius 2 is 1.76 bits per heavy atom. The first kappa shape index (κ1) is 22.1. The van der Waals surface area contributed by atoms with Gasteiger partial charge in [-0.05, 0) is 77.4 Å². The minimum absolute atomic E-state index is 0.159. The maximum absolute atomic E-state index is 12.1. The van der Waals surface area contributed by atoms with E-state index in [0.29, 0.717) is 18.6 Å². The highest BCUT2D eigenvalue weighted by atomic mass is 16.6. The number of hydrogen-bond acceptors (Lipinski definition) is 4. The molecule has 0 aliphatic carbocycles. The lowest BCUT2D eigenvalue weighted by Gasteiger charge is -2.43. The van der Waals surface area contributed by atoms with Crippen LogP contribution in [-0.2, 0) is 16.1 Å². The molecule has 5 heteroatoms. The summed E-state index contributed by atoms with van der Waals surface area (Å²) in [5, 5.41) is 0. The zero-order valence-corrected chi connectivity index (χ0v) is 18.6. The summed E-state index contributed by atoms with van der Waals surface area (Å²) in [6.45, 7) is 13.5. The fourth-order valence-electron chi connectivity index (χ4n) is 4.32. The Morgan fingerprint density at radius 1 is 1.10 bits per heavy atom. The number of piperidine rings is 1. The number of hydrogen-bond donors (Lipinski definition) is 0. The van der Waals surface area contributed by atoms with Crippen LogP contribution in [0.4, 0.5) is 4.79 Å². The van der Waals surface area contributed by atoms with Crippen LogP contribution >= 0.6 is 0 Å². The zero-order valence-electron chi connectivity index (χ0n) is 18.6. The van der Waals surface area contributed by atoms with Gasteiger partial charge in [-0.25, -0.2) is 4.79 Å². The van der Waals surface area contributed by atoms with Crippen LogP contribution < -0.4 is 0 Å². The van der Waals surface area contributed by atoms with Gasteiger partial charge in [0.15, 0.2) is 0 Å². The van der Waals surface area contributed by atoms with Crippen molar-refractivity contribution in [1.29, 1.82) is 0 Å². The molecular formula is C24H38N2O3. The molecule has 2 heterocycles. The van der Waals surface area contributed by atoms with Crippen LogP contribution in [0.3, 0.4) is 0 Å². The average molecular weight is 403 g/mol. The summed E-state index contributed by atoms with van der Waals surface area (Å²) in [7, 11) is 0. The summed E-state index contributed by atoms with van der Waals surface area (Å²) in [5.74, 6) is 1.43. The molecule has 162 valence electrons. The fourth-order valence-corrected chi connectivity index (χ4v) is 4.32. The number of amides is 1. The third kappa shape index (κ3) is 7.00. The average Bonchev–Trinajstić information content (AvgIpc) is 2.64. The van der Waals surface area contributed by atoms with Gasteiger partial charge in [-0.15, -0.1) is 0 Å². The van der Waals surface area contributed by atoms with Crippen LogP contribution in [0, 0.1) is 11.8 Å². The van der Waals surface area contributed by atoms with E-state index in [1.807, 2.05) is 31.7 Å². The monoisotopic (exact) mass is 402 g/mol. The van der Waals surface area contributed by atoms with Crippen LogP contribution in [0.15, 0.2) is 30.3 Å². The summed E-state index contributed by atoms with van der Waals surface area (Å²) in [6.07, 6.45) is 3.59. The highest BCUT2D eigenvalue weighted by Gasteiger charge is 2.35. The van der Waals surface area contributed by atoms with Crippen molar-refractivity contribution in [2.45, 2.75) is 65.2 Å². The number of nitrogens with zero attached hydrogens (tertiary/aromatic N) is 2. The van der Waals surface area contributed by atoms with E-state index in [9.17, 15) is 4.79 Å². The Labute approximate surface area is 176 Å². The largest absolute Gasteiger partial charge is 0.444 e. The SMILES string of the molecule is C[C@@H](COCc1ccccc1)N1CCC(CC2CN(C(=O)OC(C)(C)C)C2)CC1. The van der Waals surface area contributed by atoms with Gasteiger partial charge in [0.05, 0.1) is 13.2 Å². The molecular weight excluding hydrogens is 364 g/mol. The Hall–Kier alpha value is -1.59. The molecule has 2 aliphatic rings. The van der Waals surface area contributed by atoms with Crippen LogP contribution in [-0.4, -0.2) is 60.3 Å². The maximum Gasteiger partial charge on any atom is 0.410 e. The Kier molecular flexibility index (Phi) is 7.58. The summed E-state index contributed by atoms with van der Waals surface area (Å²) in [5.41, 5.74) is 0.829. The predicted molar refractivity (Wildman–Crippen MR) is 116 cm³/mol. The molecule has 5 nitrogen and oxygen atoms in total. The van der Waals surface area contributed by atoms with Crippen LogP contribution in [0.5, 0.6) is 0 Å². The van der Waals surface area contributed by atoms with Gasteiger partial charge < -0.3 is 14.4 Å². The van der Waals surface area contributed by atoms with E-state index < -0.39 is 5.60 Å². The molecule has 3 rings (SSSR count). The van der Waals surface area contributed by atoms with E-state index >= 15 is 0 Å². The molecule has 1 atom stereocenters.